The summed E-state index contributed by atoms with van der Waals surface area (Å²) in [6.45, 7) is 0. The molecule has 0 aliphatic heterocycles. The first-order valence-electron chi connectivity index (χ1n) is 22.2. The van der Waals surface area contributed by atoms with Gasteiger partial charge in [-0.2, -0.15) is 0 Å². The van der Waals surface area contributed by atoms with Crippen LogP contribution in [0.1, 0.15) is 0 Å². The van der Waals surface area contributed by atoms with Gasteiger partial charge in [-0.3, -0.25) is 0 Å². The maximum atomic E-state index is 5.26. The molecule has 0 atom stereocenters. The van der Waals surface area contributed by atoms with Gasteiger partial charge in [-0.25, -0.2) is 15.0 Å². The van der Waals surface area contributed by atoms with Crippen molar-refractivity contribution in [3.8, 4) is 67.5 Å². The lowest BCUT2D eigenvalue weighted by Crippen LogP contribution is -2.44. The molecule has 0 radical (unpaired) electrons. The fourth-order valence-corrected chi connectivity index (χ4v) is 10.3. The average Bonchev–Trinajstić information content (AvgIpc) is 3.34. The van der Waals surface area contributed by atoms with Gasteiger partial charge in [0.05, 0.1) is 0 Å². The van der Waals surface area contributed by atoms with E-state index >= 15 is 0 Å². The first-order chi connectivity index (χ1) is 31.2. The topological polar surface area (TPSA) is 38.7 Å². The van der Waals surface area contributed by atoms with E-state index in [1.54, 1.807) is 0 Å². The Labute approximate surface area is 379 Å². The van der Waals surface area contributed by atoms with E-state index in [1.807, 2.05) is 0 Å². The number of rotatable bonds is 6. The van der Waals surface area contributed by atoms with Crippen LogP contribution in [-0.4, -0.2) is 62.0 Å². The minimum Gasteiger partial charge on any atom is -0.208 e. The number of benzene rings is 10. The minimum atomic E-state index is 0.643. The van der Waals surface area contributed by atoms with Crippen LogP contribution in [0.2, 0.25) is 0 Å². The molecule has 0 aliphatic carbocycles. The van der Waals surface area contributed by atoms with E-state index in [2.05, 4.69) is 223 Å². The number of nitrogens with zero attached hydrogens (tertiary/aromatic N) is 3. The Hall–Kier alpha value is -7.36. The molecule has 64 heavy (non-hydrogen) atoms. The molecule has 1 aromatic heterocycles. The SMILES string of the molecule is Bc1c(-c2cccc3ccccc23)c(B)c2c(B)c(B)c(-c3cccc(-c4nc(-c5ccc6ccccc6c5)nc(-c5ccc6cc(-c7ccccc7)ccc6c5)n4)c3)c(B)c2c1B. The van der Waals surface area contributed by atoms with Crippen molar-refractivity contribution in [1.29, 1.82) is 0 Å². The Balaban J connectivity index is 1.06. The Kier molecular flexibility index (Phi) is 9.73. The smallest absolute Gasteiger partial charge is 0.164 e. The predicted molar refractivity (Wildman–Crippen MR) is 292 cm³/mol. The first kappa shape index (κ1) is 39.5. The van der Waals surface area contributed by atoms with Crippen LogP contribution in [0.25, 0.3) is 111 Å². The molecule has 3 nitrogen and oxygen atoms in total. The van der Waals surface area contributed by atoms with Crippen LogP contribution in [0.3, 0.4) is 0 Å². The van der Waals surface area contributed by atoms with Crippen molar-refractivity contribution < 1.29 is 0 Å². The molecule has 9 heteroatoms. The molecule has 0 fully saturated rings. The number of aromatic nitrogens is 3. The second-order valence-corrected chi connectivity index (χ2v) is 17.4. The van der Waals surface area contributed by atoms with E-state index in [0.717, 1.165) is 33.0 Å². The molecule has 0 amide bonds. The second kappa shape index (κ2) is 15.8. The fourth-order valence-electron chi connectivity index (χ4n) is 10.3. The van der Waals surface area contributed by atoms with E-state index < -0.39 is 0 Å². The Morgan fingerprint density at radius 3 is 1.38 bits per heavy atom. The number of hydrogen-bond donors (Lipinski definition) is 0. The van der Waals surface area contributed by atoms with Gasteiger partial charge < -0.3 is 0 Å². The molecule has 0 saturated carbocycles. The summed E-state index contributed by atoms with van der Waals surface area (Å²) in [5.41, 5.74) is 18.2. The number of hydrogen-bond acceptors (Lipinski definition) is 3. The van der Waals surface area contributed by atoms with Gasteiger partial charge in [0.1, 0.15) is 47.1 Å². The van der Waals surface area contributed by atoms with Crippen molar-refractivity contribution in [3.05, 3.63) is 176 Å². The molecule has 1 heterocycles. The summed E-state index contributed by atoms with van der Waals surface area (Å²) in [5, 5.41) is 9.89. The van der Waals surface area contributed by atoms with Gasteiger partial charge in [0.25, 0.3) is 0 Å². The average molecular weight is 809 g/mol. The van der Waals surface area contributed by atoms with Gasteiger partial charge in [-0.1, -0.05) is 184 Å². The monoisotopic (exact) mass is 809 g/mol. The van der Waals surface area contributed by atoms with Crippen LogP contribution in [0.15, 0.2) is 176 Å². The highest BCUT2D eigenvalue weighted by Crippen LogP contribution is 2.33. The fraction of sp³-hybridized carbons (Fsp3) is 0. The highest BCUT2D eigenvalue weighted by Gasteiger charge is 2.22. The molecule has 10 aromatic carbocycles. The maximum absolute atomic E-state index is 5.26. The highest BCUT2D eigenvalue weighted by atomic mass is 15.0. The molecular formula is C55H41B6N3. The van der Waals surface area contributed by atoms with Crippen LogP contribution in [0.5, 0.6) is 0 Å². The van der Waals surface area contributed by atoms with Crippen molar-refractivity contribution in [2.75, 3.05) is 0 Å². The third-order valence-electron chi connectivity index (χ3n) is 13.7. The quantitative estimate of drug-likeness (QED) is 0.239. The van der Waals surface area contributed by atoms with E-state index in [0.29, 0.717) is 17.5 Å². The summed E-state index contributed by atoms with van der Waals surface area (Å²) in [6.07, 6.45) is 0. The standard InChI is InChI=1S/C55H41B6N3/c56-47-43(49(58)51(60)46-45(47)52(61)50(59)44(48(46)57)42-19-9-15-32-13-6-7-18-41(32)42)37-16-8-17-38(29-37)53-62-54(39-24-20-31-12-4-5-14-33(31)27-39)64-55(63-53)40-25-23-35-26-34(21-22-36(35)28-40)30-10-2-1-3-11-30/h1-29H,56-61H2. The van der Waals surface area contributed by atoms with Crippen molar-refractivity contribution in [2.24, 2.45) is 0 Å². The lowest BCUT2D eigenvalue weighted by molar-refractivity contribution is 1.08. The summed E-state index contributed by atoms with van der Waals surface area (Å²) >= 11 is 0. The molecule has 0 unspecified atom stereocenters. The van der Waals surface area contributed by atoms with E-state index in [-0.39, 0.29) is 0 Å². The lowest BCUT2D eigenvalue weighted by Gasteiger charge is -2.26. The summed E-state index contributed by atoms with van der Waals surface area (Å²) in [4.78, 5) is 15.7. The van der Waals surface area contributed by atoms with E-state index in [4.69, 9.17) is 15.0 Å². The molecular weight excluding hydrogens is 767 g/mol. The van der Waals surface area contributed by atoms with Gasteiger partial charge in [-0.05, 0) is 101 Å². The second-order valence-electron chi connectivity index (χ2n) is 17.4. The number of fused-ring (bicyclic) bond motifs is 4. The van der Waals surface area contributed by atoms with Gasteiger partial charge in [-0.15, -0.1) is 0 Å². The predicted octanol–water partition coefficient (Wildman–Crippen LogP) is 4.04. The van der Waals surface area contributed by atoms with Crippen molar-refractivity contribution >= 4 is 123 Å². The third kappa shape index (κ3) is 6.66. The Bertz CT molecular complexity index is 3700. The van der Waals surface area contributed by atoms with Gasteiger partial charge in [0, 0.05) is 16.7 Å². The largest absolute Gasteiger partial charge is 0.208 e. The summed E-state index contributed by atoms with van der Waals surface area (Å²) in [7, 11) is 13.8. The zero-order valence-corrected chi connectivity index (χ0v) is 37.1. The normalized spacial score (nSPS) is 11.5. The minimum absolute atomic E-state index is 0.643. The van der Waals surface area contributed by atoms with Gasteiger partial charge in [0.15, 0.2) is 17.5 Å². The summed E-state index contributed by atoms with van der Waals surface area (Å²) < 4.78 is 0. The lowest BCUT2D eigenvalue weighted by atomic mass is 9.60. The summed E-state index contributed by atoms with van der Waals surface area (Å²) in [6, 6.07) is 62.8. The molecule has 0 saturated heterocycles. The first-order valence-corrected chi connectivity index (χ1v) is 22.2. The molecule has 0 spiro atoms. The van der Waals surface area contributed by atoms with E-state index in [1.165, 1.54) is 92.9 Å². The molecule has 0 bridgehead atoms. The van der Waals surface area contributed by atoms with Gasteiger partial charge in [0.2, 0.25) is 0 Å². The van der Waals surface area contributed by atoms with Crippen LogP contribution < -0.4 is 32.8 Å². The third-order valence-corrected chi connectivity index (χ3v) is 13.7. The van der Waals surface area contributed by atoms with Crippen molar-refractivity contribution in [2.45, 2.75) is 0 Å². The molecule has 11 rings (SSSR count). The molecule has 11 aromatic rings. The zero-order chi connectivity index (χ0) is 43.6. The molecule has 0 aliphatic rings. The Morgan fingerprint density at radius 1 is 0.266 bits per heavy atom. The van der Waals surface area contributed by atoms with Crippen LogP contribution in [-0.2, 0) is 0 Å². The molecule has 0 N–H and O–H groups in total. The van der Waals surface area contributed by atoms with Crippen LogP contribution >= 0.6 is 0 Å². The van der Waals surface area contributed by atoms with Crippen LogP contribution in [0, 0.1) is 0 Å². The highest BCUT2D eigenvalue weighted by molar-refractivity contribution is 6.68. The van der Waals surface area contributed by atoms with Gasteiger partial charge >= 0.3 is 0 Å². The molecule has 294 valence electrons. The van der Waals surface area contributed by atoms with Crippen molar-refractivity contribution in [1.82, 2.24) is 15.0 Å². The zero-order valence-electron chi connectivity index (χ0n) is 37.1. The Morgan fingerprint density at radius 2 is 0.703 bits per heavy atom. The summed E-state index contributed by atoms with van der Waals surface area (Å²) in [5.74, 6) is 1.93. The van der Waals surface area contributed by atoms with E-state index in [9.17, 15) is 0 Å². The maximum Gasteiger partial charge on any atom is 0.164 e. The van der Waals surface area contributed by atoms with Crippen molar-refractivity contribution in [3.63, 3.8) is 0 Å². The van der Waals surface area contributed by atoms with Crippen LogP contribution in [0.4, 0.5) is 0 Å².